The van der Waals surface area contributed by atoms with Gasteiger partial charge in [-0.2, -0.15) is 0 Å². The van der Waals surface area contributed by atoms with Crippen molar-refractivity contribution in [2.45, 2.75) is 18.3 Å². The van der Waals surface area contributed by atoms with E-state index in [2.05, 4.69) is 10.7 Å². The smallest absolute Gasteiger partial charge is 0.373 e. The second-order valence-corrected chi connectivity index (χ2v) is 3.38. The highest BCUT2D eigenvalue weighted by Crippen LogP contribution is 2.47. The van der Waals surface area contributed by atoms with Crippen molar-refractivity contribution in [3.8, 4) is 12.3 Å². The first-order chi connectivity index (χ1) is 6.72. The van der Waals surface area contributed by atoms with E-state index in [4.69, 9.17) is 10.8 Å². The molecule has 3 nitrogen and oxygen atoms in total. The van der Waals surface area contributed by atoms with Crippen LogP contribution in [0.4, 0.5) is 0 Å². The van der Waals surface area contributed by atoms with Crippen molar-refractivity contribution in [1.29, 1.82) is 0 Å². The van der Waals surface area contributed by atoms with Gasteiger partial charge in [-0.15, -0.1) is 6.42 Å². The summed E-state index contributed by atoms with van der Waals surface area (Å²) in [5.74, 6) is 3.13. The molecule has 0 atom stereocenters. The van der Waals surface area contributed by atoms with E-state index in [1.54, 1.807) is 12.1 Å². The van der Waals surface area contributed by atoms with E-state index < -0.39 is 5.97 Å². The molecule has 0 amide bonds. The van der Waals surface area contributed by atoms with Crippen LogP contribution in [-0.2, 0) is 10.2 Å². The van der Waals surface area contributed by atoms with Gasteiger partial charge in [0.25, 0.3) is 0 Å². The number of furan rings is 1. The lowest BCUT2D eigenvalue weighted by Crippen LogP contribution is -2.01. The van der Waals surface area contributed by atoms with Crippen LogP contribution in [0.5, 0.6) is 0 Å². The summed E-state index contributed by atoms with van der Waals surface area (Å²) in [7, 11) is 1.32. The fraction of sp³-hybridized carbons (Fsp3) is 0.364. The van der Waals surface area contributed by atoms with E-state index in [0.29, 0.717) is 5.76 Å². The van der Waals surface area contributed by atoms with Gasteiger partial charge in [-0.25, -0.2) is 4.79 Å². The van der Waals surface area contributed by atoms with E-state index in [9.17, 15) is 4.79 Å². The molecule has 0 N–H and O–H groups in total. The number of rotatable bonds is 2. The molecule has 1 aromatic heterocycles. The summed E-state index contributed by atoms with van der Waals surface area (Å²) < 4.78 is 9.87. The first kappa shape index (κ1) is 8.89. The van der Waals surface area contributed by atoms with Gasteiger partial charge in [-0.05, 0) is 25.0 Å². The van der Waals surface area contributed by atoms with Gasteiger partial charge in [0.15, 0.2) is 0 Å². The fourth-order valence-electron chi connectivity index (χ4n) is 1.39. The summed E-state index contributed by atoms with van der Waals surface area (Å²) in [4.78, 5) is 11.1. The molecule has 2 rings (SSSR count). The Hall–Kier alpha value is -1.69. The summed E-state index contributed by atoms with van der Waals surface area (Å²) in [6.45, 7) is 0. The zero-order valence-corrected chi connectivity index (χ0v) is 7.87. The molecule has 1 aliphatic carbocycles. The van der Waals surface area contributed by atoms with Crippen LogP contribution in [0, 0.1) is 12.3 Å². The molecule has 0 aromatic carbocycles. The predicted octanol–water partition coefficient (Wildman–Crippen LogP) is 1.73. The quantitative estimate of drug-likeness (QED) is 0.526. The minimum absolute atomic E-state index is 0.212. The molecule has 0 aliphatic heterocycles. The van der Waals surface area contributed by atoms with Gasteiger partial charge in [0.05, 0.1) is 12.5 Å². The molecule has 72 valence electrons. The average Bonchev–Trinajstić information content (AvgIpc) is 2.87. The molecular weight excluding hydrogens is 180 g/mol. The zero-order valence-electron chi connectivity index (χ0n) is 7.87. The Morgan fingerprint density at radius 3 is 2.86 bits per heavy atom. The molecule has 0 unspecified atom stereocenters. The molecule has 0 spiro atoms. The van der Waals surface area contributed by atoms with Crippen LogP contribution in [0.15, 0.2) is 16.5 Å². The van der Waals surface area contributed by atoms with Crippen LogP contribution in [0.3, 0.4) is 0 Å². The summed E-state index contributed by atoms with van der Waals surface area (Å²) in [5, 5.41) is 0. The lowest BCUT2D eigenvalue weighted by Gasteiger charge is -2.01. The van der Waals surface area contributed by atoms with Crippen LogP contribution < -0.4 is 0 Å². The van der Waals surface area contributed by atoms with Gasteiger partial charge >= 0.3 is 5.97 Å². The molecule has 1 fully saturated rings. The maximum Gasteiger partial charge on any atom is 0.373 e. The Morgan fingerprint density at radius 1 is 1.64 bits per heavy atom. The molecule has 1 saturated carbocycles. The predicted molar refractivity (Wildman–Crippen MR) is 49.8 cm³/mol. The standard InChI is InChI=1S/C11H10O3/c1-3-11(6-7-11)9-5-4-8(14-9)10(12)13-2/h1,4-5H,6-7H2,2H3. The number of hydrogen-bond donors (Lipinski definition) is 0. The Morgan fingerprint density at radius 2 is 2.36 bits per heavy atom. The SMILES string of the molecule is C#CC1(c2ccc(C(=O)OC)o2)CC1. The number of methoxy groups -OCH3 is 1. The molecule has 1 aliphatic rings. The number of terminal acetylenes is 1. The minimum atomic E-state index is -0.468. The Labute approximate surface area is 82.0 Å². The number of carbonyl (C=O) groups is 1. The van der Waals surface area contributed by atoms with Gasteiger partial charge in [0.2, 0.25) is 5.76 Å². The minimum Gasteiger partial charge on any atom is -0.463 e. The summed E-state index contributed by atoms with van der Waals surface area (Å²) in [5.41, 5.74) is -0.258. The van der Waals surface area contributed by atoms with Crippen molar-refractivity contribution in [1.82, 2.24) is 0 Å². The van der Waals surface area contributed by atoms with E-state index in [-0.39, 0.29) is 11.2 Å². The first-order valence-electron chi connectivity index (χ1n) is 4.38. The molecule has 14 heavy (non-hydrogen) atoms. The molecule has 1 heterocycles. The Kier molecular flexibility index (Phi) is 1.85. The van der Waals surface area contributed by atoms with Crippen LogP contribution in [0.25, 0.3) is 0 Å². The van der Waals surface area contributed by atoms with Crippen molar-refractivity contribution in [2.24, 2.45) is 0 Å². The molecule has 3 heteroatoms. The van der Waals surface area contributed by atoms with Crippen molar-refractivity contribution in [3.05, 3.63) is 23.7 Å². The third kappa shape index (κ3) is 1.20. The topological polar surface area (TPSA) is 39.4 Å². The van der Waals surface area contributed by atoms with Gasteiger partial charge in [-0.3, -0.25) is 0 Å². The highest BCUT2D eigenvalue weighted by molar-refractivity contribution is 5.86. The molecule has 0 bridgehead atoms. The molecule has 0 radical (unpaired) electrons. The number of ether oxygens (including phenoxy) is 1. The van der Waals surface area contributed by atoms with E-state index in [1.165, 1.54) is 7.11 Å². The van der Waals surface area contributed by atoms with Crippen molar-refractivity contribution < 1.29 is 13.9 Å². The second-order valence-electron chi connectivity index (χ2n) is 3.38. The highest BCUT2D eigenvalue weighted by Gasteiger charge is 2.45. The zero-order chi connectivity index (χ0) is 10.2. The van der Waals surface area contributed by atoms with Gasteiger partial charge < -0.3 is 9.15 Å². The maximum absolute atomic E-state index is 11.1. The van der Waals surface area contributed by atoms with Crippen LogP contribution in [-0.4, -0.2) is 13.1 Å². The molecular formula is C11H10O3. The second kappa shape index (κ2) is 2.91. The van der Waals surface area contributed by atoms with Crippen molar-refractivity contribution in [3.63, 3.8) is 0 Å². The third-order valence-corrected chi connectivity index (χ3v) is 2.49. The highest BCUT2D eigenvalue weighted by atomic mass is 16.5. The van der Waals surface area contributed by atoms with Crippen molar-refractivity contribution >= 4 is 5.97 Å². The lowest BCUT2D eigenvalue weighted by atomic mass is 10.1. The molecule has 1 aromatic rings. The van der Waals surface area contributed by atoms with Crippen molar-refractivity contribution in [2.75, 3.05) is 7.11 Å². The van der Waals surface area contributed by atoms with Crippen LogP contribution >= 0.6 is 0 Å². The third-order valence-electron chi connectivity index (χ3n) is 2.49. The van der Waals surface area contributed by atoms with Gasteiger partial charge in [0.1, 0.15) is 5.76 Å². The van der Waals surface area contributed by atoms with E-state index in [0.717, 1.165) is 12.8 Å². The van der Waals surface area contributed by atoms with Gasteiger partial charge in [-0.1, -0.05) is 5.92 Å². The first-order valence-corrected chi connectivity index (χ1v) is 4.38. The maximum atomic E-state index is 11.1. The number of carbonyl (C=O) groups excluding carboxylic acids is 1. The molecule has 0 saturated heterocycles. The lowest BCUT2D eigenvalue weighted by molar-refractivity contribution is 0.0562. The van der Waals surface area contributed by atoms with Crippen LogP contribution in [0.2, 0.25) is 0 Å². The summed E-state index contributed by atoms with van der Waals surface area (Å²) in [6.07, 6.45) is 7.25. The Bertz CT molecular complexity index is 404. The normalized spacial score (nSPS) is 17.1. The van der Waals surface area contributed by atoms with Crippen LogP contribution in [0.1, 0.15) is 29.2 Å². The Balaban J connectivity index is 2.27. The summed E-state index contributed by atoms with van der Waals surface area (Å²) >= 11 is 0. The number of hydrogen-bond acceptors (Lipinski definition) is 3. The number of esters is 1. The summed E-state index contributed by atoms with van der Waals surface area (Å²) in [6, 6.07) is 3.34. The monoisotopic (exact) mass is 190 g/mol. The van der Waals surface area contributed by atoms with Gasteiger partial charge in [0, 0.05) is 0 Å². The fourth-order valence-corrected chi connectivity index (χ4v) is 1.39. The largest absolute Gasteiger partial charge is 0.463 e. The van der Waals surface area contributed by atoms with E-state index in [1.807, 2.05) is 0 Å². The van der Waals surface area contributed by atoms with E-state index >= 15 is 0 Å². The average molecular weight is 190 g/mol.